The molecule has 0 saturated heterocycles. The van der Waals surface area contributed by atoms with Gasteiger partial charge in [-0.2, -0.15) is 8.75 Å². The van der Waals surface area contributed by atoms with Crippen molar-refractivity contribution in [2.75, 3.05) is 0 Å². The van der Waals surface area contributed by atoms with Gasteiger partial charge in [0.2, 0.25) is 0 Å². The molecule has 28 heavy (non-hydrogen) atoms. The van der Waals surface area contributed by atoms with Crippen LogP contribution in [0.2, 0.25) is 0 Å². The van der Waals surface area contributed by atoms with Crippen LogP contribution in [0.4, 0.5) is 8.78 Å². The highest BCUT2D eigenvalue weighted by atomic mass is 127. The Morgan fingerprint density at radius 2 is 1.57 bits per heavy atom. The van der Waals surface area contributed by atoms with Crippen molar-refractivity contribution in [1.29, 1.82) is 0 Å². The predicted molar refractivity (Wildman–Crippen MR) is 125 cm³/mol. The number of benzene rings is 1. The number of halogens is 3. The molecule has 0 aliphatic heterocycles. The Hall–Kier alpha value is -0.970. The molecule has 0 saturated carbocycles. The number of nitrogens with zero attached hydrogens (tertiary/aromatic N) is 2. The summed E-state index contributed by atoms with van der Waals surface area (Å²) in [4.78, 5) is 4.28. The summed E-state index contributed by atoms with van der Waals surface area (Å²) in [6, 6.07) is 8.14. The zero-order valence-corrected chi connectivity index (χ0v) is 19.7. The number of hydrogen-bond donors (Lipinski definition) is 0. The molecule has 0 aliphatic rings. The van der Waals surface area contributed by atoms with Gasteiger partial charge in [-0.15, -0.1) is 22.7 Å². The Kier molecular flexibility index (Phi) is 6.39. The van der Waals surface area contributed by atoms with Crippen LogP contribution in [0.15, 0.2) is 24.3 Å². The number of aryl methyl sites for hydroxylation is 1. The second-order valence-electron chi connectivity index (χ2n) is 6.52. The highest BCUT2D eigenvalue weighted by Crippen LogP contribution is 2.42. The van der Waals surface area contributed by atoms with Crippen molar-refractivity contribution in [2.24, 2.45) is 0 Å². The number of unbranched alkanes of at least 4 members (excludes halogenated alkanes) is 3. The van der Waals surface area contributed by atoms with E-state index in [2.05, 4.69) is 27.8 Å². The fraction of sp³-hybridized carbons (Fsp3) is 0.300. The van der Waals surface area contributed by atoms with Crippen molar-refractivity contribution in [3.8, 4) is 20.2 Å². The Labute approximate surface area is 188 Å². The molecule has 0 amide bonds. The molecule has 0 spiro atoms. The van der Waals surface area contributed by atoms with Gasteiger partial charge >= 0.3 is 0 Å². The molecular formula is C20H17F2IN2S3. The zero-order chi connectivity index (χ0) is 19.7. The number of rotatable bonds is 7. The van der Waals surface area contributed by atoms with E-state index in [-0.39, 0.29) is 9.13 Å². The van der Waals surface area contributed by atoms with Crippen molar-refractivity contribution in [3.05, 3.63) is 44.3 Å². The van der Waals surface area contributed by atoms with Crippen molar-refractivity contribution in [1.82, 2.24) is 8.75 Å². The van der Waals surface area contributed by atoms with Gasteiger partial charge in [0.05, 0.1) is 20.9 Å². The molecule has 0 bridgehead atoms. The molecule has 8 heteroatoms. The van der Waals surface area contributed by atoms with E-state index >= 15 is 0 Å². The molecule has 1 aromatic carbocycles. The third-order valence-corrected chi connectivity index (χ3v) is 8.53. The fourth-order valence-electron chi connectivity index (χ4n) is 3.11. The Morgan fingerprint density at radius 3 is 2.39 bits per heavy atom. The van der Waals surface area contributed by atoms with Crippen LogP contribution in [0.25, 0.3) is 31.2 Å². The molecule has 0 radical (unpaired) electrons. The van der Waals surface area contributed by atoms with Crippen LogP contribution in [0.3, 0.4) is 0 Å². The first-order valence-electron chi connectivity index (χ1n) is 9.08. The minimum atomic E-state index is -0.851. The van der Waals surface area contributed by atoms with Crippen LogP contribution in [-0.2, 0) is 6.42 Å². The van der Waals surface area contributed by atoms with Crippen LogP contribution < -0.4 is 0 Å². The summed E-state index contributed by atoms with van der Waals surface area (Å²) in [5.41, 5.74) is 1.08. The van der Waals surface area contributed by atoms with Gasteiger partial charge in [0.25, 0.3) is 0 Å². The second kappa shape index (κ2) is 8.81. The number of fused-ring (bicyclic) bond motifs is 1. The van der Waals surface area contributed by atoms with E-state index in [0.29, 0.717) is 15.9 Å². The molecule has 3 heterocycles. The average Bonchev–Trinajstić information content (AvgIpc) is 3.44. The first kappa shape index (κ1) is 20.3. The molecule has 0 N–H and O–H groups in total. The van der Waals surface area contributed by atoms with E-state index in [1.807, 2.05) is 12.1 Å². The van der Waals surface area contributed by atoms with Crippen molar-refractivity contribution >= 4 is 68.0 Å². The van der Waals surface area contributed by atoms with Gasteiger partial charge in [0.15, 0.2) is 11.6 Å². The van der Waals surface area contributed by atoms with Gasteiger partial charge in [0.1, 0.15) is 11.0 Å². The maximum absolute atomic E-state index is 14.7. The first-order chi connectivity index (χ1) is 13.6. The largest absolute Gasteiger partial charge is 0.203 e. The summed E-state index contributed by atoms with van der Waals surface area (Å²) < 4.78 is 37.6. The van der Waals surface area contributed by atoms with E-state index in [1.54, 1.807) is 33.9 Å². The number of thiophene rings is 2. The lowest BCUT2D eigenvalue weighted by Gasteiger charge is -2.04. The Morgan fingerprint density at radius 1 is 0.857 bits per heavy atom. The summed E-state index contributed by atoms with van der Waals surface area (Å²) >= 11 is 6.02. The van der Waals surface area contributed by atoms with Gasteiger partial charge in [-0.25, -0.2) is 8.78 Å². The zero-order valence-electron chi connectivity index (χ0n) is 15.1. The molecule has 146 valence electrons. The van der Waals surface area contributed by atoms with Crippen LogP contribution in [0.1, 0.15) is 37.5 Å². The molecule has 3 aromatic heterocycles. The van der Waals surface area contributed by atoms with Gasteiger partial charge < -0.3 is 0 Å². The lowest BCUT2D eigenvalue weighted by molar-refractivity contribution is 0.508. The van der Waals surface area contributed by atoms with E-state index in [4.69, 9.17) is 0 Å². The maximum Gasteiger partial charge on any atom is 0.175 e. The minimum absolute atomic E-state index is 0.186. The highest BCUT2D eigenvalue weighted by molar-refractivity contribution is 14.1. The quantitative estimate of drug-likeness (QED) is 0.133. The lowest BCUT2D eigenvalue weighted by atomic mass is 10.1. The molecule has 0 fully saturated rings. The normalized spacial score (nSPS) is 11.6. The van der Waals surface area contributed by atoms with Crippen molar-refractivity contribution < 1.29 is 8.78 Å². The van der Waals surface area contributed by atoms with Gasteiger partial charge in [-0.05, 0) is 59.7 Å². The monoisotopic (exact) mass is 546 g/mol. The maximum atomic E-state index is 14.7. The minimum Gasteiger partial charge on any atom is -0.203 e. The predicted octanol–water partition coefficient (Wildman–Crippen LogP) is 8.15. The third-order valence-electron chi connectivity index (χ3n) is 4.57. The van der Waals surface area contributed by atoms with E-state index in [0.717, 1.165) is 23.0 Å². The fourth-order valence-corrected chi connectivity index (χ4v) is 6.63. The lowest BCUT2D eigenvalue weighted by Crippen LogP contribution is -1.95. The summed E-state index contributed by atoms with van der Waals surface area (Å²) in [6.45, 7) is 2.22. The average molecular weight is 546 g/mol. The summed E-state index contributed by atoms with van der Waals surface area (Å²) in [5.74, 6) is -1.70. The first-order valence-corrected chi connectivity index (χ1v) is 12.5. The van der Waals surface area contributed by atoms with Crippen LogP contribution >= 0.6 is 57.0 Å². The van der Waals surface area contributed by atoms with E-state index < -0.39 is 11.6 Å². The van der Waals surface area contributed by atoms with Crippen LogP contribution in [0, 0.1) is 15.2 Å². The topological polar surface area (TPSA) is 25.8 Å². The summed E-state index contributed by atoms with van der Waals surface area (Å²) in [7, 11) is 0. The number of aromatic nitrogens is 2. The van der Waals surface area contributed by atoms with Gasteiger partial charge in [0, 0.05) is 19.5 Å². The van der Waals surface area contributed by atoms with Crippen LogP contribution in [-0.4, -0.2) is 8.75 Å². The highest BCUT2D eigenvalue weighted by Gasteiger charge is 2.23. The molecular weight excluding hydrogens is 529 g/mol. The second-order valence-corrected chi connectivity index (χ2v) is 10.4. The molecule has 4 aromatic rings. The molecule has 4 rings (SSSR count). The third kappa shape index (κ3) is 3.88. The molecule has 0 atom stereocenters. The summed E-state index contributed by atoms with van der Waals surface area (Å²) in [5, 5.41) is 0. The van der Waals surface area contributed by atoms with Crippen molar-refractivity contribution in [3.63, 3.8) is 0 Å². The standard InChI is InChI=1S/C20H17F2IN2S3/c1-2-3-4-5-6-11-7-8-12(26-11)13-9-10-14(27-13)15-16(21)17(22)18(23)20-19(15)24-28-25-20/h7-10H,2-6H2,1H3. The molecule has 2 nitrogen and oxygen atoms in total. The van der Waals surface area contributed by atoms with E-state index in [1.165, 1.54) is 46.8 Å². The Bertz CT molecular complexity index is 1120. The van der Waals surface area contributed by atoms with Crippen LogP contribution in [0.5, 0.6) is 0 Å². The van der Waals surface area contributed by atoms with E-state index in [9.17, 15) is 8.78 Å². The molecule has 0 aliphatic carbocycles. The Balaban J connectivity index is 1.63. The number of hydrogen-bond acceptors (Lipinski definition) is 5. The van der Waals surface area contributed by atoms with Gasteiger partial charge in [-0.3, -0.25) is 0 Å². The SMILES string of the molecule is CCCCCCc1ccc(-c2ccc(-c3c(F)c(F)c(I)c4nsnc34)s2)s1. The van der Waals surface area contributed by atoms with Crippen molar-refractivity contribution in [2.45, 2.75) is 39.0 Å². The summed E-state index contributed by atoms with van der Waals surface area (Å²) in [6.07, 6.45) is 6.11. The molecule has 0 unspecified atom stereocenters. The van der Waals surface area contributed by atoms with Gasteiger partial charge in [-0.1, -0.05) is 26.2 Å². The smallest absolute Gasteiger partial charge is 0.175 e.